The molecule has 5 aromatic rings. The first kappa shape index (κ1) is 40.5. The number of halogens is 1. The Labute approximate surface area is 347 Å². The van der Waals surface area contributed by atoms with Crippen molar-refractivity contribution >= 4 is 40.9 Å². The third-order valence-electron chi connectivity index (χ3n) is 11.8. The van der Waals surface area contributed by atoms with Crippen LogP contribution < -0.4 is 25.8 Å². The molecular formula is C43H51FN12O4. The van der Waals surface area contributed by atoms with E-state index in [0.29, 0.717) is 58.7 Å². The first-order valence-corrected chi connectivity index (χ1v) is 20.5. The van der Waals surface area contributed by atoms with Crippen LogP contribution in [0.15, 0.2) is 59.4 Å². The molecule has 0 radical (unpaired) electrons. The summed E-state index contributed by atoms with van der Waals surface area (Å²) in [6, 6.07) is 14.5. The van der Waals surface area contributed by atoms with Crippen LogP contribution in [0, 0.1) is 18.7 Å². The Morgan fingerprint density at radius 2 is 1.73 bits per heavy atom. The summed E-state index contributed by atoms with van der Waals surface area (Å²) < 4.78 is 23.2. The molecular weight excluding hydrogens is 768 g/mol. The number of nitrogens with zero attached hydrogens (tertiary/aromatic N) is 9. The summed E-state index contributed by atoms with van der Waals surface area (Å²) in [4.78, 5) is 56.2. The number of carbonyl (C=O) groups excluding carboxylic acids is 3. The number of amides is 4. The fraction of sp³-hybridized carbons (Fsp3) is 0.442. The second kappa shape index (κ2) is 16.4. The predicted octanol–water partition coefficient (Wildman–Crippen LogP) is 6.44. The Kier molecular flexibility index (Phi) is 11.1. The highest BCUT2D eigenvalue weighted by molar-refractivity contribution is 6.05. The van der Waals surface area contributed by atoms with Gasteiger partial charge in [0.05, 0.1) is 24.0 Å². The first-order valence-electron chi connectivity index (χ1n) is 20.5. The molecule has 3 N–H and O–H groups in total. The van der Waals surface area contributed by atoms with Gasteiger partial charge in [-0.15, -0.1) is 0 Å². The first-order chi connectivity index (χ1) is 28.7. The highest BCUT2D eigenvalue weighted by atomic mass is 19.1. The number of hydrogen-bond acceptors (Lipinski definition) is 12. The molecule has 16 nitrogen and oxygen atoms in total. The predicted molar refractivity (Wildman–Crippen MR) is 223 cm³/mol. The standard InChI is InChI=1S/C43H51FN12O4/c1-25-31(26(2)47-39(58)40-50-41(52-60-40)43(4,5)6)11-12-32(38(25)44)33-21-35(46-24-45-33)48-36-22-34-27(3)54(19-20-56(34)51-36)23-28-13-16-53(17-14-28)29-7-9-30(10-8-29)55-18-15-37(57)49-42(55)59/h7-12,21-22,24,26-28H,13-20,23H2,1-6H3,(H,47,58)(H,49,57,59)(H,45,46,48,51)/t26-,27+/m1/s1. The van der Waals surface area contributed by atoms with Crippen LogP contribution in [0.1, 0.15) is 99.3 Å². The van der Waals surface area contributed by atoms with Gasteiger partial charge in [-0.25, -0.2) is 19.2 Å². The lowest BCUT2D eigenvalue weighted by molar-refractivity contribution is -0.120. The number of aromatic nitrogens is 6. The molecule has 0 saturated carbocycles. The van der Waals surface area contributed by atoms with E-state index in [0.717, 1.165) is 62.6 Å². The number of piperidine rings is 1. The molecule has 3 aromatic heterocycles. The van der Waals surface area contributed by atoms with Crippen LogP contribution in [-0.2, 0) is 16.8 Å². The third kappa shape index (κ3) is 8.44. The minimum atomic E-state index is -0.533. The maximum absolute atomic E-state index is 16.0. The zero-order chi connectivity index (χ0) is 42.3. The molecule has 2 fully saturated rings. The molecule has 3 aliphatic heterocycles. The average Bonchev–Trinajstić information content (AvgIpc) is 3.90. The normalized spacial score (nSPS) is 18.3. The van der Waals surface area contributed by atoms with Crippen molar-refractivity contribution in [2.75, 3.05) is 47.8 Å². The number of hydrogen-bond donors (Lipinski definition) is 3. The van der Waals surface area contributed by atoms with E-state index in [4.69, 9.17) is 9.62 Å². The molecule has 6 heterocycles. The van der Waals surface area contributed by atoms with Gasteiger partial charge in [0.1, 0.15) is 18.0 Å². The SMILES string of the molecule is Cc1c([C@@H](C)NC(=O)c2nc(C(C)(C)C)no2)ccc(-c2cc(Nc3cc4n(n3)CCN(CC3CCN(c5ccc(N6CCC(=O)NC6=O)cc5)CC3)[C@H]4C)ncn2)c1F. The minimum absolute atomic E-state index is 0.144. The van der Waals surface area contributed by atoms with Crippen LogP contribution in [-0.4, -0.2) is 85.4 Å². The lowest BCUT2D eigenvalue weighted by Gasteiger charge is -2.39. The van der Waals surface area contributed by atoms with Crippen molar-refractivity contribution in [2.24, 2.45) is 5.92 Å². The van der Waals surface area contributed by atoms with Gasteiger partial charge in [0.25, 0.3) is 0 Å². The highest BCUT2D eigenvalue weighted by Gasteiger charge is 2.31. The van der Waals surface area contributed by atoms with E-state index in [1.807, 2.05) is 37.6 Å². The van der Waals surface area contributed by atoms with E-state index in [1.54, 1.807) is 36.9 Å². The second-order valence-corrected chi connectivity index (χ2v) is 17.0. The second-order valence-electron chi connectivity index (χ2n) is 17.0. The third-order valence-corrected chi connectivity index (χ3v) is 11.8. The molecule has 60 heavy (non-hydrogen) atoms. The largest absolute Gasteiger partial charge is 0.372 e. The van der Waals surface area contributed by atoms with Gasteiger partial charge in [-0.3, -0.25) is 29.4 Å². The Morgan fingerprint density at radius 1 is 0.983 bits per heavy atom. The van der Waals surface area contributed by atoms with Gasteiger partial charge >= 0.3 is 17.8 Å². The highest BCUT2D eigenvalue weighted by Crippen LogP contribution is 2.34. The van der Waals surface area contributed by atoms with Gasteiger partial charge in [-0.2, -0.15) is 10.1 Å². The molecule has 0 unspecified atom stereocenters. The number of urea groups is 1. The summed E-state index contributed by atoms with van der Waals surface area (Å²) >= 11 is 0. The molecule has 2 saturated heterocycles. The molecule has 0 bridgehead atoms. The van der Waals surface area contributed by atoms with Crippen LogP contribution in [0.5, 0.6) is 0 Å². The van der Waals surface area contributed by atoms with Crippen LogP contribution >= 0.6 is 0 Å². The molecule has 4 amide bonds. The summed E-state index contributed by atoms with van der Waals surface area (Å²) in [7, 11) is 0. The van der Waals surface area contributed by atoms with Crippen LogP contribution in [0.3, 0.4) is 0 Å². The van der Waals surface area contributed by atoms with Crippen molar-refractivity contribution in [1.29, 1.82) is 0 Å². The van der Waals surface area contributed by atoms with Crippen LogP contribution in [0.25, 0.3) is 11.3 Å². The lowest BCUT2D eigenvalue weighted by atomic mass is 9.94. The summed E-state index contributed by atoms with van der Waals surface area (Å²) in [5.41, 5.74) is 4.39. The molecule has 8 rings (SSSR count). The van der Waals surface area contributed by atoms with Gasteiger partial charge in [-0.05, 0) is 81.0 Å². The van der Waals surface area contributed by atoms with Crippen LogP contribution in [0.2, 0.25) is 0 Å². The number of nitrogens with one attached hydrogen (secondary N) is 3. The zero-order valence-electron chi connectivity index (χ0n) is 34.8. The zero-order valence-corrected chi connectivity index (χ0v) is 34.8. The fourth-order valence-corrected chi connectivity index (χ4v) is 8.25. The average molecular weight is 819 g/mol. The smallest absolute Gasteiger partial charge is 0.328 e. The number of benzene rings is 2. The Bertz CT molecular complexity index is 2400. The molecule has 0 spiro atoms. The van der Waals surface area contributed by atoms with Crippen molar-refractivity contribution in [3.05, 3.63) is 89.2 Å². The van der Waals surface area contributed by atoms with Gasteiger partial charge in [-0.1, -0.05) is 32.0 Å². The quantitative estimate of drug-likeness (QED) is 0.141. The van der Waals surface area contributed by atoms with E-state index >= 15 is 4.39 Å². The Balaban J connectivity index is 0.858. The van der Waals surface area contributed by atoms with Gasteiger partial charge in [0.2, 0.25) is 5.91 Å². The van der Waals surface area contributed by atoms with Crippen LogP contribution in [0.4, 0.5) is 32.2 Å². The van der Waals surface area contributed by atoms with E-state index in [9.17, 15) is 14.4 Å². The van der Waals surface area contributed by atoms with E-state index in [1.165, 1.54) is 6.33 Å². The van der Waals surface area contributed by atoms with Gasteiger partial charge in [0.15, 0.2) is 11.6 Å². The minimum Gasteiger partial charge on any atom is -0.372 e. The van der Waals surface area contributed by atoms with Crippen molar-refractivity contribution in [3.8, 4) is 11.3 Å². The lowest BCUT2D eigenvalue weighted by Crippen LogP contribution is -2.49. The van der Waals surface area contributed by atoms with E-state index in [-0.39, 0.29) is 29.3 Å². The van der Waals surface area contributed by atoms with Crippen molar-refractivity contribution in [3.63, 3.8) is 0 Å². The number of imide groups is 1. The van der Waals surface area contributed by atoms with E-state index in [2.05, 4.69) is 71.0 Å². The Hall–Kier alpha value is -6.23. The maximum atomic E-state index is 16.0. The summed E-state index contributed by atoms with van der Waals surface area (Å²) in [6.07, 6.45) is 3.88. The van der Waals surface area contributed by atoms with Crippen molar-refractivity contribution < 1.29 is 23.3 Å². The molecule has 314 valence electrons. The number of rotatable bonds is 10. The number of anilines is 4. The number of carbonyl (C=O) groups is 3. The summed E-state index contributed by atoms with van der Waals surface area (Å²) in [5, 5.41) is 17.3. The van der Waals surface area contributed by atoms with Gasteiger partial charge in [0, 0.05) is 79.7 Å². The number of fused-ring (bicyclic) bond motifs is 1. The van der Waals surface area contributed by atoms with Crippen molar-refractivity contribution in [1.82, 2.24) is 45.4 Å². The fourth-order valence-electron chi connectivity index (χ4n) is 8.25. The summed E-state index contributed by atoms with van der Waals surface area (Å²) in [5.74, 6) is 0.791. The monoisotopic (exact) mass is 818 g/mol. The topological polar surface area (TPSA) is 180 Å². The maximum Gasteiger partial charge on any atom is 0.328 e. The molecule has 2 aromatic carbocycles. The molecule has 2 atom stereocenters. The summed E-state index contributed by atoms with van der Waals surface area (Å²) in [6.45, 7) is 16.4. The Morgan fingerprint density at radius 3 is 2.45 bits per heavy atom. The molecule has 0 aliphatic carbocycles. The van der Waals surface area contributed by atoms with Gasteiger partial charge < -0.3 is 20.1 Å². The molecule has 17 heteroatoms. The molecule has 3 aliphatic rings. The van der Waals surface area contributed by atoms with Crippen molar-refractivity contribution in [2.45, 2.75) is 84.8 Å². The van der Waals surface area contributed by atoms with E-state index < -0.39 is 17.8 Å².